The Morgan fingerprint density at radius 1 is 1.29 bits per heavy atom. The van der Waals surface area contributed by atoms with Crippen LogP contribution in [0.2, 0.25) is 0 Å². The predicted molar refractivity (Wildman–Crippen MR) is 70.0 cm³/mol. The zero-order valence-electron chi connectivity index (χ0n) is 10.1. The van der Waals surface area contributed by atoms with Crippen LogP contribution in [0.3, 0.4) is 0 Å². The first-order valence-electron chi connectivity index (χ1n) is 6.13. The molecule has 1 aliphatic rings. The minimum atomic E-state index is -0.00417. The number of carbonyl (C=O) groups excluding carboxylic acids is 1. The van der Waals surface area contributed by atoms with Crippen molar-refractivity contribution in [3.8, 4) is 0 Å². The summed E-state index contributed by atoms with van der Waals surface area (Å²) in [5.41, 5.74) is 0. The number of thioether (sulfide) groups is 1. The molecule has 0 aromatic carbocycles. The zero-order valence-corrected chi connectivity index (χ0v) is 10.9. The Morgan fingerprint density at radius 2 is 1.94 bits per heavy atom. The van der Waals surface area contributed by atoms with E-state index in [4.69, 9.17) is 0 Å². The van der Waals surface area contributed by atoms with Gasteiger partial charge in [-0.15, -0.1) is 11.8 Å². The van der Waals surface area contributed by atoms with E-state index in [0.29, 0.717) is 0 Å². The van der Waals surface area contributed by atoms with E-state index in [-0.39, 0.29) is 11.2 Å². The summed E-state index contributed by atoms with van der Waals surface area (Å²) < 4.78 is 0. The highest BCUT2D eigenvalue weighted by molar-refractivity contribution is 8.00. The van der Waals surface area contributed by atoms with Crippen LogP contribution in [0.25, 0.3) is 0 Å². The van der Waals surface area contributed by atoms with Gasteiger partial charge in [0.05, 0.1) is 5.25 Å². The van der Waals surface area contributed by atoms with E-state index in [0.717, 1.165) is 30.8 Å². The summed E-state index contributed by atoms with van der Waals surface area (Å²) in [5, 5.41) is -0.00417. The molecule has 3 nitrogen and oxygen atoms in total. The molecule has 17 heavy (non-hydrogen) atoms. The van der Waals surface area contributed by atoms with Crippen LogP contribution in [0.15, 0.2) is 29.4 Å². The van der Waals surface area contributed by atoms with Crippen molar-refractivity contribution in [2.24, 2.45) is 0 Å². The minimum absolute atomic E-state index is 0.00417. The number of rotatable bonds is 3. The second-order valence-corrected chi connectivity index (χ2v) is 5.74. The number of likely N-dealkylation sites (tertiary alicyclic amines) is 1. The molecule has 92 valence electrons. The lowest BCUT2D eigenvalue weighted by Gasteiger charge is -2.29. The lowest BCUT2D eigenvalue weighted by molar-refractivity contribution is -0.131. The Kier molecular flexibility index (Phi) is 4.42. The maximum Gasteiger partial charge on any atom is 0.235 e. The molecule has 4 heteroatoms. The van der Waals surface area contributed by atoms with Crippen molar-refractivity contribution in [1.29, 1.82) is 0 Å². The first kappa shape index (κ1) is 12.4. The Balaban J connectivity index is 1.90. The molecular formula is C13H18N2OS. The van der Waals surface area contributed by atoms with Crippen LogP contribution in [0.5, 0.6) is 0 Å². The van der Waals surface area contributed by atoms with Gasteiger partial charge in [0.2, 0.25) is 5.91 Å². The summed E-state index contributed by atoms with van der Waals surface area (Å²) in [6.45, 7) is 3.85. The molecule has 0 saturated carbocycles. The van der Waals surface area contributed by atoms with E-state index >= 15 is 0 Å². The number of amides is 1. The average molecular weight is 250 g/mol. The number of piperidine rings is 1. The molecule has 0 aliphatic carbocycles. The fourth-order valence-electron chi connectivity index (χ4n) is 2.04. The standard InChI is InChI=1S/C13H18N2OS/c1-11(17-12-5-7-14-8-6-12)13(16)15-9-3-2-4-10-15/h5-8,11H,2-4,9-10H2,1H3/t11-/m1/s1. The van der Waals surface area contributed by atoms with E-state index in [1.807, 2.05) is 24.0 Å². The molecule has 1 saturated heterocycles. The van der Waals surface area contributed by atoms with Crippen molar-refractivity contribution >= 4 is 17.7 Å². The number of nitrogens with zero attached hydrogens (tertiary/aromatic N) is 2. The molecule has 1 amide bonds. The van der Waals surface area contributed by atoms with Crippen LogP contribution in [-0.2, 0) is 4.79 Å². The van der Waals surface area contributed by atoms with E-state index in [1.165, 1.54) is 6.42 Å². The van der Waals surface area contributed by atoms with Crippen molar-refractivity contribution in [3.63, 3.8) is 0 Å². The molecule has 1 aliphatic heterocycles. The third-order valence-electron chi connectivity index (χ3n) is 2.98. The van der Waals surface area contributed by atoms with Crippen LogP contribution in [0.4, 0.5) is 0 Å². The van der Waals surface area contributed by atoms with E-state index < -0.39 is 0 Å². The molecule has 0 radical (unpaired) electrons. The molecule has 0 N–H and O–H groups in total. The van der Waals surface area contributed by atoms with E-state index in [9.17, 15) is 4.79 Å². The van der Waals surface area contributed by atoms with Crippen molar-refractivity contribution in [2.75, 3.05) is 13.1 Å². The number of hydrogen-bond acceptors (Lipinski definition) is 3. The first-order chi connectivity index (χ1) is 8.27. The van der Waals surface area contributed by atoms with Gasteiger partial charge in [-0.3, -0.25) is 9.78 Å². The van der Waals surface area contributed by atoms with Crippen LogP contribution >= 0.6 is 11.8 Å². The molecule has 1 aromatic rings. The van der Waals surface area contributed by atoms with Gasteiger partial charge < -0.3 is 4.90 Å². The maximum absolute atomic E-state index is 12.2. The highest BCUT2D eigenvalue weighted by Crippen LogP contribution is 2.24. The molecule has 1 atom stereocenters. The number of aromatic nitrogens is 1. The van der Waals surface area contributed by atoms with Gasteiger partial charge in [0, 0.05) is 30.4 Å². The number of pyridine rings is 1. The van der Waals surface area contributed by atoms with E-state index in [1.54, 1.807) is 24.2 Å². The summed E-state index contributed by atoms with van der Waals surface area (Å²) in [6.07, 6.45) is 7.09. The Bertz CT molecular complexity index is 363. The van der Waals surface area contributed by atoms with Crippen LogP contribution in [0, 0.1) is 0 Å². The smallest absolute Gasteiger partial charge is 0.235 e. The van der Waals surface area contributed by atoms with E-state index in [2.05, 4.69) is 4.98 Å². The first-order valence-corrected chi connectivity index (χ1v) is 7.01. The van der Waals surface area contributed by atoms with Gasteiger partial charge in [-0.2, -0.15) is 0 Å². The Morgan fingerprint density at radius 3 is 2.59 bits per heavy atom. The van der Waals surface area contributed by atoms with Gasteiger partial charge in [0.1, 0.15) is 0 Å². The Labute approximate surface area is 107 Å². The van der Waals surface area contributed by atoms with Gasteiger partial charge in [-0.1, -0.05) is 0 Å². The van der Waals surface area contributed by atoms with Gasteiger partial charge in [0.25, 0.3) is 0 Å². The summed E-state index contributed by atoms with van der Waals surface area (Å²) in [6, 6.07) is 3.90. The summed E-state index contributed by atoms with van der Waals surface area (Å²) in [7, 11) is 0. The third-order valence-corrected chi connectivity index (χ3v) is 4.08. The highest BCUT2D eigenvalue weighted by Gasteiger charge is 2.22. The summed E-state index contributed by atoms with van der Waals surface area (Å²) in [5.74, 6) is 0.270. The fraction of sp³-hybridized carbons (Fsp3) is 0.538. The zero-order chi connectivity index (χ0) is 12.1. The van der Waals surface area contributed by atoms with Crippen molar-refractivity contribution in [2.45, 2.75) is 36.3 Å². The summed E-state index contributed by atoms with van der Waals surface area (Å²) in [4.78, 5) is 19.3. The Hall–Kier alpha value is -1.03. The lowest BCUT2D eigenvalue weighted by Crippen LogP contribution is -2.40. The predicted octanol–water partition coefficient (Wildman–Crippen LogP) is 2.57. The average Bonchev–Trinajstić information content (AvgIpc) is 2.40. The number of hydrogen-bond donors (Lipinski definition) is 0. The second-order valence-electron chi connectivity index (χ2n) is 4.33. The minimum Gasteiger partial charge on any atom is -0.342 e. The molecule has 2 heterocycles. The van der Waals surface area contributed by atoms with Gasteiger partial charge in [0.15, 0.2) is 0 Å². The highest BCUT2D eigenvalue weighted by atomic mass is 32.2. The fourth-order valence-corrected chi connectivity index (χ4v) is 2.98. The molecule has 0 spiro atoms. The van der Waals surface area contributed by atoms with Crippen molar-refractivity contribution in [3.05, 3.63) is 24.5 Å². The molecule has 2 rings (SSSR count). The maximum atomic E-state index is 12.2. The topological polar surface area (TPSA) is 33.2 Å². The molecular weight excluding hydrogens is 232 g/mol. The molecule has 0 bridgehead atoms. The monoisotopic (exact) mass is 250 g/mol. The van der Waals surface area contributed by atoms with Crippen LogP contribution in [0.1, 0.15) is 26.2 Å². The van der Waals surface area contributed by atoms with Gasteiger partial charge >= 0.3 is 0 Å². The van der Waals surface area contributed by atoms with Gasteiger partial charge in [-0.05, 0) is 38.3 Å². The largest absolute Gasteiger partial charge is 0.342 e. The van der Waals surface area contributed by atoms with Crippen molar-refractivity contribution in [1.82, 2.24) is 9.88 Å². The normalized spacial score (nSPS) is 17.8. The third kappa shape index (κ3) is 3.46. The lowest BCUT2D eigenvalue weighted by atomic mass is 10.1. The van der Waals surface area contributed by atoms with Gasteiger partial charge in [-0.25, -0.2) is 0 Å². The molecule has 1 fully saturated rings. The quantitative estimate of drug-likeness (QED) is 0.773. The SMILES string of the molecule is C[C@@H](Sc1ccncc1)C(=O)N1CCCCC1. The van der Waals surface area contributed by atoms with Crippen LogP contribution in [-0.4, -0.2) is 34.1 Å². The van der Waals surface area contributed by atoms with Crippen LogP contribution < -0.4 is 0 Å². The second kappa shape index (κ2) is 6.05. The number of carbonyl (C=O) groups is 1. The van der Waals surface area contributed by atoms with Crippen molar-refractivity contribution < 1.29 is 4.79 Å². The summed E-state index contributed by atoms with van der Waals surface area (Å²) >= 11 is 1.61. The molecule has 1 aromatic heterocycles. The molecule has 0 unspecified atom stereocenters.